The first-order valence-corrected chi connectivity index (χ1v) is 9.91. The van der Waals surface area contributed by atoms with Crippen molar-refractivity contribution in [3.05, 3.63) is 34.6 Å². The van der Waals surface area contributed by atoms with E-state index in [2.05, 4.69) is 9.72 Å². The van der Waals surface area contributed by atoms with E-state index in [-0.39, 0.29) is 29.7 Å². The maximum atomic E-state index is 12.9. The summed E-state index contributed by atoms with van der Waals surface area (Å²) in [4.78, 5) is 43.6. The molecule has 1 aromatic heterocycles. The van der Waals surface area contributed by atoms with Crippen LogP contribution in [0.3, 0.4) is 0 Å². The van der Waals surface area contributed by atoms with Crippen molar-refractivity contribution in [3.63, 3.8) is 0 Å². The Morgan fingerprint density at radius 3 is 2.67 bits per heavy atom. The second kappa shape index (κ2) is 8.56. The molecule has 2 heterocycles. The van der Waals surface area contributed by atoms with Crippen LogP contribution in [0.2, 0.25) is 0 Å². The zero-order valence-corrected chi connectivity index (χ0v) is 16.3. The van der Waals surface area contributed by atoms with Gasteiger partial charge < -0.3 is 9.64 Å². The molecule has 0 saturated carbocycles. The van der Waals surface area contributed by atoms with Crippen molar-refractivity contribution in [2.45, 2.75) is 43.1 Å². The lowest BCUT2D eigenvalue weighted by atomic mass is 10.2. The normalized spacial score (nSPS) is 15.1. The van der Waals surface area contributed by atoms with Crippen LogP contribution in [0.15, 0.2) is 34.2 Å². The van der Waals surface area contributed by atoms with Crippen LogP contribution in [-0.4, -0.2) is 51.8 Å². The number of nitrogens with zero attached hydrogens (tertiary/aromatic N) is 3. The Morgan fingerprint density at radius 1 is 1.26 bits per heavy atom. The molecule has 2 aromatic rings. The topological polar surface area (TPSA) is 81.5 Å². The van der Waals surface area contributed by atoms with Gasteiger partial charge >= 0.3 is 5.97 Å². The molecule has 1 saturated heterocycles. The zero-order valence-electron chi connectivity index (χ0n) is 15.5. The maximum absolute atomic E-state index is 12.9. The molecule has 0 aliphatic carbocycles. The number of fused-ring (bicyclic) bond motifs is 1. The van der Waals surface area contributed by atoms with Crippen LogP contribution < -0.4 is 5.56 Å². The molecule has 0 spiro atoms. The van der Waals surface area contributed by atoms with Crippen LogP contribution in [0, 0.1) is 0 Å². The second-order valence-corrected chi connectivity index (χ2v) is 7.79. The second-order valence-electron chi connectivity index (χ2n) is 6.49. The number of hydrogen-bond acceptors (Lipinski definition) is 6. The molecule has 0 radical (unpaired) electrons. The molecule has 1 aromatic carbocycles. The van der Waals surface area contributed by atoms with E-state index in [0.717, 1.165) is 25.9 Å². The van der Waals surface area contributed by atoms with Gasteiger partial charge in [0, 0.05) is 19.6 Å². The van der Waals surface area contributed by atoms with Crippen molar-refractivity contribution in [1.29, 1.82) is 0 Å². The number of ether oxygens (including phenoxy) is 1. The van der Waals surface area contributed by atoms with E-state index in [0.29, 0.717) is 16.1 Å². The van der Waals surface area contributed by atoms with Crippen LogP contribution in [0.1, 0.15) is 26.2 Å². The molecule has 144 valence electrons. The first-order chi connectivity index (χ1) is 13.0. The van der Waals surface area contributed by atoms with Gasteiger partial charge in [0.1, 0.15) is 0 Å². The lowest BCUT2D eigenvalue weighted by Gasteiger charge is -2.21. The van der Waals surface area contributed by atoms with E-state index >= 15 is 0 Å². The standard InChI is InChI=1S/C19H23N3O4S/c1-13(17(24)21-10-5-6-11-21)27-19-20-15-8-4-3-7-14(15)18(25)22(19)12-9-16(23)26-2/h3-4,7-8,13H,5-6,9-12H2,1-2H3/t13-/m0/s1. The molecule has 0 unspecified atom stereocenters. The van der Waals surface area contributed by atoms with E-state index in [1.807, 2.05) is 17.9 Å². The lowest BCUT2D eigenvalue weighted by molar-refractivity contribution is -0.140. The minimum Gasteiger partial charge on any atom is -0.469 e. The Morgan fingerprint density at radius 2 is 1.96 bits per heavy atom. The van der Waals surface area contributed by atoms with Gasteiger partial charge in [0.05, 0.1) is 29.7 Å². The number of carbonyl (C=O) groups excluding carboxylic acids is 2. The van der Waals surface area contributed by atoms with Crippen LogP contribution in [0.4, 0.5) is 0 Å². The molecule has 0 N–H and O–H groups in total. The predicted molar refractivity (Wildman–Crippen MR) is 104 cm³/mol. The van der Waals surface area contributed by atoms with Gasteiger partial charge in [-0.25, -0.2) is 4.98 Å². The number of amides is 1. The van der Waals surface area contributed by atoms with E-state index in [1.54, 1.807) is 18.2 Å². The molecule has 1 aliphatic heterocycles. The molecule has 1 amide bonds. The minimum absolute atomic E-state index is 0.0550. The predicted octanol–water partition coefficient (Wildman–Crippen LogP) is 2.06. The van der Waals surface area contributed by atoms with E-state index in [4.69, 9.17) is 0 Å². The summed E-state index contributed by atoms with van der Waals surface area (Å²) >= 11 is 1.26. The van der Waals surface area contributed by atoms with Crippen molar-refractivity contribution in [2.75, 3.05) is 20.2 Å². The van der Waals surface area contributed by atoms with Crippen molar-refractivity contribution in [2.24, 2.45) is 0 Å². The van der Waals surface area contributed by atoms with Crippen LogP contribution in [0.25, 0.3) is 10.9 Å². The molecule has 1 atom stereocenters. The van der Waals surface area contributed by atoms with Crippen LogP contribution in [-0.2, 0) is 20.9 Å². The van der Waals surface area contributed by atoms with Crippen molar-refractivity contribution >= 4 is 34.5 Å². The van der Waals surface area contributed by atoms with Gasteiger partial charge in [-0.2, -0.15) is 0 Å². The molecule has 8 heteroatoms. The number of carbonyl (C=O) groups is 2. The summed E-state index contributed by atoms with van der Waals surface area (Å²) in [5.41, 5.74) is 0.368. The fourth-order valence-electron chi connectivity index (χ4n) is 3.14. The third-order valence-electron chi connectivity index (χ3n) is 4.64. The first kappa shape index (κ1) is 19.4. The molecule has 27 heavy (non-hydrogen) atoms. The SMILES string of the molecule is COC(=O)CCn1c(S[C@@H](C)C(=O)N2CCCC2)nc2ccccc2c1=O. The minimum atomic E-state index is -0.396. The highest BCUT2D eigenvalue weighted by atomic mass is 32.2. The summed E-state index contributed by atoms with van der Waals surface area (Å²) in [7, 11) is 1.32. The molecule has 0 bridgehead atoms. The summed E-state index contributed by atoms with van der Waals surface area (Å²) < 4.78 is 6.15. The molecular formula is C19H23N3O4S. The fourth-order valence-corrected chi connectivity index (χ4v) is 4.16. The summed E-state index contributed by atoms with van der Waals surface area (Å²) in [6.45, 7) is 3.56. The van der Waals surface area contributed by atoms with Gasteiger partial charge in [0.25, 0.3) is 5.56 Å². The average Bonchev–Trinajstić information content (AvgIpc) is 3.21. The summed E-state index contributed by atoms with van der Waals surface area (Å²) in [6, 6.07) is 7.09. The number of hydrogen-bond donors (Lipinski definition) is 0. The molecule has 7 nitrogen and oxygen atoms in total. The highest BCUT2D eigenvalue weighted by Crippen LogP contribution is 2.25. The monoisotopic (exact) mass is 389 g/mol. The summed E-state index contributed by atoms with van der Waals surface area (Å²) in [6.07, 6.45) is 2.13. The Bertz CT molecular complexity index is 905. The Balaban J connectivity index is 1.92. The van der Waals surface area contributed by atoms with Gasteiger partial charge in [-0.3, -0.25) is 19.0 Å². The highest BCUT2D eigenvalue weighted by molar-refractivity contribution is 8.00. The molecule has 1 aliphatic rings. The number of thioether (sulfide) groups is 1. The quantitative estimate of drug-likeness (QED) is 0.427. The molecule has 3 rings (SSSR count). The summed E-state index contributed by atoms with van der Waals surface area (Å²) in [5.74, 6) is -0.341. The Hall–Kier alpha value is -2.35. The highest BCUT2D eigenvalue weighted by Gasteiger charge is 2.26. The number of likely N-dealkylation sites (tertiary alicyclic amines) is 1. The number of esters is 1. The average molecular weight is 389 g/mol. The summed E-state index contributed by atoms with van der Waals surface area (Å²) in [5, 5.41) is 0.577. The third-order valence-corrected chi connectivity index (χ3v) is 5.72. The maximum Gasteiger partial charge on any atom is 0.307 e. The number of methoxy groups -OCH3 is 1. The zero-order chi connectivity index (χ0) is 19.4. The number of benzene rings is 1. The number of rotatable bonds is 6. The van der Waals surface area contributed by atoms with E-state index in [9.17, 15) is 14.4 Å². The van der Waals surface area contributed by atoms with Gasteiger partial charge in [0.15, 0.2) is 5.16 Å². The van der Waals surface area contributed by atoms with Crippen LogP contribution >= 0.6 is 11.8 Å². The molecule has 1 fully saturated rings. The molecular weight excluding hydrogens is 366 g/mol. The van der Waals surface area contributed by atoms with Gasteiger partial charge in [0.2, 0.25) is 5.91 Å². The van der Waals surface area contributed by atoms with Gasteiger partial charge in [-0.05, 0) is 31.9 Å². The van der Waals surface area contributed by atoms with Gasteiger partial charge in [-0.1, -0.05) is 23.9 Å². The lowest BCUT2D eigenvalue weighted by Crippen LogP contribution is -2.34. The Labute approximate surface area is 161 Å². The Kier molecular flexibility index (Phi) is 6.15. The van der Waals surface area contributed by atoms with Crippen molar-refractivity contribution < 1.29 is 14.3 Å². The van der Waals surface area contributed by atoms with E-state index in [1.165, 1.54) is 23.4 Å². The van der Waals surface area contributed by atoms with E-state index < -0.39 is 5.97 Å². The van der Waals surface area contributed by atoms with Crippen LogP contribution in [0.5, 0.6) is 0 Å². The largest absolute Gasteiger partial charge is 0.469 e. The number of aromatic nitrogens is 2. The smallest absolute Gasteiger partial charge is 0.307 e. The van der Waals surface area contributed by atoms with Gasteiger partial charge in [-0.15, -0.1) is 0 Å². The number of para-hydroxylation sites is 1. The first-order valence-electron chi connectivity index (χ1n) is 9.03. The fraction of sp³-hybridized carbons (Fsp3) is 0.474. The third kappa shape index (κ3) is 4.32. The van der Waals surface area contributed by atoms with Crippen molar-refractivity contribution in [3.8, 4) is 0 Å². The van der Waals surface area contributed by atoms with Crippen molar-refractivity contribution in [1.82, 2.24) is 14.5 Å².